The first kappa shape index (κ1) is 14.5. The lowest BCUT2D eigenvalue weighted by molar-refractivity contribution is -0.121. The van der Waals surface area contributed by atoms with Crippen LogP contribution in [-0.4, -0.2) is 37.2 Å². The van der Waals surface area contributed by atoms with E-state index in [0.717, 1.165) is 25.8 Å². The number of hydrogen-bond acceptors (Lipinski definition) is 3. The van der Waals surface area contributed by atoms with Gasteiger partial charge in [0, 0.05) is 31.7 Å². The number of hydrogen-bond donors (Lipinski definition) is 2. The van der Waals surface area contributed by atoms with E-state index in [1.807, 2.05) is 0 Å². The highest BCUT2D eigenvalue weighted by atomic mass is 16.5. The van der Waals surface area contributed by atoms with E-state index in [1.165, 1.54) is 0 Å². The molecule has 1 aliphatic rings. The predicted molar refractivity (Wildman–Crippen MR) is 69.0 cm³/mol. The predicted octanol–water partition coefficient (Wildman–Crippen LogP) is 1.45. The summed E-state index contributed by atoms with van der Waals surface area (Å²) in [7, 11) is 1.74. The molecule has 1 rings (SSSR count). The molecule has 4 nitrogen and oxygen atoms in total. The molecular weight excluding hydrogens is 216 g/mol. The Morgan fingerprint density at radius 2 is 2.06 bits per heavy atom. The summed E-state index contributed by atoms with van der Waals surface area (Å²) < 4.78 is 5.29. The molecule has 0 radical (unpaired) electrons. The van der Waals surface area contributed by atoms with Crippen molar-refractivity contribution in [3.05, 3.63) is 0 Å². The molecule has 0 aliphatic heterocycles. The van der Waals surface area contributed by atoms with Crippen LogP contribution in [-0.2, 0) is 9.53 Å². The number of methoxy groups -OCH3 is 1. The molecule has 2 N–H and O–H groups in total. The second-order valence-electron chi connectivity index (χ2n) is 5.86. The van der Waals surface area contributed by atoms with Crippen molar-refractivity contribution in [3.63, 3.8) is 0 Å². The van der Waals surface area contributed by atoms with E-state index in [4.69, 9.17) is 4.74 Å². The Hall–Kier alpha value is -0.610. The fourth-order valence-electron chi connectivity index (χ4n) is 2.14. The van der Waals surface area contributed by atoms with Crippen molar-refractivity contribution in [1.82, 2.24) is 10.6 Å². The number of ether oxygens (including phenoxy) is 1. The van der Waals surface area contributed by atoms with Crippen LogP contribution < -0.4 is 10.6 Å². The standard InChI is InChI=1S/C13H26N2O2/c1-13(2,3)14-8-7-12(16)15-10-5-6-11(9-10)17-4/h10-11,14H,5-9H2,1-4H3,(H,15,16). The van der Waals surface area contributed by atoms with Gasteiger partial charge in [-0.05, 0) is 40.0 Å². The third kappa shape index (κ3) is 6.03. The SMILES string of the molecule is COC1CCC(NC(=O)CCNC(C)(C)C)C1. The van der Waals surface area contributed by atoms with Gasteiger partial charge in [0.25, 0.3) is 0 Å². The summed E-state index contributed by atoms with van der Waals surface area (Å²) in [4.78, 5) is 11.7. The zero-order valence-corrected chi connectivity index (χ0v) is 11.5. The Morgan fingerprint density at radius 1 is 1.35 bits per heavy atom. The summed E-state index contributed by atoms with van der Waals surface area (Å²) in [6.45, 7) is 7.04. The Bertz CT molecular complexity index is 248. The molecule has 4 heteroatoms. The second-order valence-corrected chi connectivity index (χ2v) is 5.86. The molecule has 17 heavy (non-hydrogen) atoms. The zero-order chi connectivity index (χ0) is 12.9. The molecule has 2 unspecified atom stereocenters. The number of carbonyl (C=O) groups excluding carboxylic acids is 1. The molecular formula is C13H26N2O2. The largest absolute Gasteiger partial charge is 0.381 e. The minimum atomic E-state index is 0.0782. The minimum Gasteiger partial charge on any atom is -0.381 e. The van der Waals surface area contributed by atoms with E-state index < -0.39 is 0 Å². The highest BCUT2D eigenvalue weighted by Crippen LogP contribution is 2.21. The van der Waals surface area contributed by atoms with E-state index in [9.17, 15) is 4.79 Å². The van der Waals surface area contributed by atoms with Crippen molar-refractivity contribution < 1.29 is 9.53 Å². The quantitative estimate of drug-likeness (QED) is 0.767. The fraction of sp³-hybridized carbons (Fsp3) is 0.923. The van der Waals surface area contributed by atoms with E-state index in [2.05, 4.69) is 31.4 Å². The summed E-state index contributed by atoms with van der Waals surface area (Å²) in [5.41, 5.74) is 0.0782. The van der Waals surface area contributed by atoms with Gasteiger partial charge < -0.3 is 15.4 Å². The normalized spacial score (nSPS) is 24.9. The third-order valence-corrected chi connectivity index (χ3v) is 3.09. The smallest absolute Gasteiger partial charge is 0.221 e. The van der Waals surface area contributed by atoms with Crippen LogP contribution in [0.2, 0.25) is 0 Å². The Morgan fingerprint density at radius 3 is 2.59 bits per heavy atom. The maximum atomic E-state index is 11.7. The van der Waals surface area contributed by atoms with Crippen molar-refractivity contribution in [3.8, 4) is 0 Å². The molecule has 1 amide bonds. The van der Waals surface area contributed by atoms with Crippen LogP contribution in [0.15, 0.2) is 0 Å². The Balaban J connectivity index is 2.13. The maximum Gasteiger partial charge on any atom is 0.221 e. The van der Waals surface area contributed by atoms with Crippen LogP contribution in [0.3, 0.4) is 0 Å². The molecule has 100 valence electrons. The molecule has 1 fully saturated rings. The second kappa shape index (κ2) is 6.36. The van der Waals surface area contributed by atoms with E-state index >= 15 is 0 Å². The van der Waals surface area contributed by atoms with Crippen molar-refractivity contribution in [2.75, 3.05) is 13.7 Å². The zero-order valence-electron chi connectivity index (χ0n) is 11.5. The van der Waals surface area contributed by atoms with Gasteiger partial charge in [-0.3, -0.25) is 4.79 Å². The number of rotatable bonds is 5. The lowest BCUT2D eigenvalue weighted by Crippen LogP contribution is -2.40. The average molecular weight is 242 g/mol. The van der Waals surface area contributed by atoms with Gasteiger partial charge in [0.05, 0.1) is 6.10 Å². The number of carbonyl (C=O) groups is 1. The molecule has 0 spiro atoms. The molecule has 0 bridgehead atoms. The van der Waals surface area contributed by atoms with Crippen molar-refractivity contribution in [1.29, 1.82) is 0 Å². The van der Waals surface area contributed by atoms with Crippen LogP contribution in [0.25, 0.3) is 0 Å². The minimum absolute atomic E-state index is 0.0782. The molecule has 0 saturated heterocycles. The van der Waals surface area contributed by atoms with Crippen molar-refractivity contribution in [2.24, 2.45) is 0 Å². The summed E-state index contributed by atoms with van der Waals surface area (Å²) >= 11 is 0. The van der Waals surface area contributed by atoms with Crippen molar-refractivity contribution >= 4 is 5.91 Å². The van der Waals surface area contributed by atoms with Gasteiger partial charge in [-0.1, -0.05) is 0 Å². The lowest BCUT2D eigenvalue weighted by atomic mass is 10.1. The molecule has 0 aromatic carbocycles. The van der Waals surface area contributed by atoms with Gasteiger partial charge in [0.15, 0.2) is 0 Å². The van der Waals surface area contributed by atoms with Gasteiger partial charge in [0.2, 0.25) is 5.91 Å². The topological polar surface area (TPSA) is 50.4 Å². The highest BCUT2D eigenvalue weighted by Gasteiger charge is 2.25. The summed E-state index contributed by atoms with van der Waals surface area (Å²) in [5.74, 6) is 0.142. The van der Waals surface area contributed by atoms with Crippen LogP contribution in [0.5, 0.6) is 0 Å². The molecule has 1 aliphatic carbocycles. The number of amides is 1. The van der Waals surface area contributed by atoms with Crippen molar-refractivity contribution in [2.45, 2.75) is 64.1 Å². The Labute approximate surface area is 104 Å². The van der Waals surface area contributed by atoms with Gasteiger partial charge >= 0.3 is 0 Å². The van der Waals surface area contributed by atoms with Gasteiger partial charge in [-0.15, -0.1) is 0 Å². The Kier molecular flexibility index (Phi) is 5.40. The van der Waals surface area contributed by atoms with E-state index in [-0.39, 0.29) is 11.4 Å². The van der Waals surface area contributed by atoms with Crippen LogP contribution >= 0.6 is 0 Å². The van der Waals surface area contributed by atoms with Gasteiger partial charge in [0.1, 0.15) is 0 Å². The molecule has 0 heterocycles. The first-order chi connectivity index (χ1) is 7.90. The van der Waals surface area contributed by atoms with Crippen LogP contribution in [0.1, 0.15) is 46.5 Å². The fourth-order valence-corrected chi connectivity index (χ4v) is 2.14. The number of nitrogens with one attached hydrogen (secondary N) is 2. The van der Waals surface area contributed by atoms with E-state index in [0.29, 0.717) is 18.6 Å². The van der Waals surface area contributed by atoms with E-state index in [1.54, 1.807) is 7.11 Å². The molecule has 2 atom stereocenters. The molecule has 0 aromatic heterocycles. The molecule has 1 saturated carbocycles. The van der Waals surface area contributed by atoms with Gasteiger partial charge in [-0.25, -0.2) is 0 Å². The summed E-state index contributed by atoms with van der Waals surface area (Å²) in [6, 6.07) is 0.307. The first-order valence-electron chi connectivity index (χ1n) is 6.48. The maximum absolute atomic E-state index is 11.7. The average Bonchev–Trinajstić information content (AvgIpc) is 2.63. The summed E-state index contributed by atoms with van der Waals surface area (Å²) in [6.07, 6.45) is 3.92. The first-order valence-corrected chi connectivity index (χ1v) is 6.48. The monoisotopic (exact) mass is 242 g/mol. The lowest BCUT2D eigenvalue weighted by Gasteiger charge is -2.20. The van der Waals surface area contributed by atoms with Crippen LogP contribution in [0.4, 0.5) is 0 Å². The van der Waals surface area contributed by atoms with Crippen LogP contribution in [0, 0.1) is 0 Å². The van der Waals surface area contributed by atoms with Gasteiger partial charge in [-0.2, -0.15) is 0 Å². The summed E-state index contributed by atoms with van der Waals surface area (Å²) in [5, 5.41) is 6.38. The third-order valence-electron chi connectivity index (χ3n) is 3.09. The molecule has 0 aromatic rings. The highest BCUT2D eigenvalue weighted by molar-refractivity contribution is 5.76.